The molecule has 1 aliphatic carbocycles. The Morgan fingerprint density at radius 2 is 2.07 bits per heavy atom. The minimum atomic E-state index is -0.428. The molecule has 0 amide bonds. The number of nitrogens with zero attached hydrogens (tertiary/aromatic N) is 6. The maximum absolute atomic E-state index is 11.9. The van der Waals surface area contributed by atoms with Crippen molar-refractivity contribution in [1.82, 2.24) is 29.5 Å². The summed E-state index contributed by atoms with van der Waals surface area (Å²) >= 11 is 0. The zero-order valence-corrected chi connectivity index (χ0v) is 16.4. The molecule has 0 bridgehead atoms. The van der Waals surface area contributed by atoms with E-state index in [0.29, 0.717) is 29.9 Å². The summed E-state index contributed by atoms with van der Waals surface area (Å²) in [5.41, 5.74) is 2.69. The number of carbonyl (C=O) groups is 1. The minimum absolute atomic E-state index is 0.305. The lowest BCUT2D eigenvalue weighted by Gasteiger charge is -2.11. The molecule has 9 heteroatoms. The van der Waals surface area contributed by atoms with Gasteiger partial charge in [0.15, 0.2) is 0 Å². The summed E-state index contributed by atoms with van der Waals surface area (Å²) in [6.45, 7) is 4.84. The van der Waals surface area contributed by atoms with Crippen molar-refractivity contribution in [2.24, 2.45) is 5.92 Å². The van der Waals surface area contributed by atoms with Crippen LogP contribution in [0.4, 0.5) is 0 Å². The molecule has 0 unspecified atom stereocenters. The molecule has 0 N–H and O–H groups in total. The molecule has 0 spiro atoms. The summed E-state index contributed by atoms with van der Waals surface area (Å²) < 4.78 is 14.0. The summed E-state index contributed by atoms with van der Waals surface area (Å²) in [5, 5.41) is 8.88. The topological polar surface area (TPSA) is 96.9 Å². The molecule has 1 saturated carbocycles. The van der Waals surface area contributed by atoms with Gasteiger partial charge in [-0.05, 0) is 32.6 Å². The molecule has 0 radical (unpaired) electrons. The van der Waals surface area contributed by atoms with Crippen molar-refractivity contribution >= 4 is 17.0 Å². The molecule has 28 heavy (non-hydrogen) atoms. The van der Waals surface area contributed by atoms with E-state index in [1.807, 2.05) is 11.6 Å². The molecule has 4 rings (SSSR count). The third-order valence-electron chi connectivity index (χ3n) is 5.11. The maximum atomic E-state index is 11.9. The molecule has 0 saturated heterocycles. The highest BCUT2D eigenvalue weighted by molar-refractivity contribution is 5.89. The van der Waals surface area contributed by atoms with Crippen molar-refractivity contribution in [3.05, 3.63) is 23.7 Å². The summed E-state index contributed by atoms with van der Waals surface area (Å²) in [7, 11) is 1.58. The fourth-order valence-corrected chi connectivity index (χ4v) is 3.75. The predicted molar refractivity (Wildman–Crippen MR) is 102 cm³/mol. The predicted octanol–water partition coefficient (Wildman–Crippen LogP) is 2.70. The molecule has 9 nitrogen and oxygen atoms in total. The van der Waals surface area contributed by atoms with E-state index in [0.717, 1.165) is 23.3 Å². The van der Waals surface area contributed by atoms with Crippen LogP contribution in [0.15, 0.2) is 12.4 Å². The van der Waals surface area contributed by atoms with Crippen LogP contribution >= 0.6 is 0 Å². The first-order chi connectivity index (χ1) is 13.6. The third-order valence-corrected chi connectivity index (χ3v) is 5.11. The first-order valence-electron chi connectivity index (χ1n) is 9.62. The second-order valence-electron chi connectivity index (χ2n) is 7.04. The zero-order chi connectivity index (χ0) is 19.7. The van der Waals surface area contributed by atoms with Crippen LogP contribution in [-0.4, -0.2) is 49.2 Å². The fourth-order valence-electron chi connectivity index (χ4n) is 3.75. The van der Waals surface area contributed by atoms with Crippen LogP contribution in [0, 0.1) is 12.8 Å². The maximum Gasteiger partial charge on any atom is 0.341 e. The van der Waals surface area contributed by atoms with E-state index in [9.17, 15) is 4.79 Å². The van der Waals surface area contributed by atoms with Crippen LogP contribution in [0.3, 0.4) is 0 Å². The summed E-state index contributed by atoms with van der Waals surface area (Å²) in [5.74, 6) is 0.975. The minimum Gasteiger partial charge on any atom is -0.479 e. The van der Waals surface area contributed by atoms with E-state index in [1.54, 1.807) is 20.2 Å². The van der Waals surface area contributed by atoms with Gasteiger partial charge in [0, 0.05) is 12.7 Å². The lowest BCUT2D eigenvalue weighted by atomic mass is 10.1. The lowest BCUT2D eigenvalue weighted by molar-refractivity contribution is 0.0526. The SMILES string of the molecule is CCOC(=O)c1cnn(-c2nc(OC)c3c(n2)c(C)nn3CC2CCCC2)c1. The number of rotatable bonds is 6. The molecule has 3 aromatic rings. The van der Waals surface area contributed by atoms with Gasteiger partial charge in [0.2, 0.25) is 5.88 Å². The summed E-state index contributed by atoms with van der Waals surface area (Å²) in [6, 6.07) is 0. The molecule has 3 aromatic heterocycles. The smallest absolute Gasteiger partial charge is 0.341 e. The van der Waals surface area contributed by atoms with E-state index in [1.165, 1.54) is 36.6 Å². The molecule has 0 aliphatic heterocycles. The first kappa shape index (κ1) is 18.4. The van der Waals surface area contributed by atoms with E-state index in [-0.39, 0.29) is 0 Å². The van der Waals surface area contributed by atoms with Crippen molar-refractivity contribution in [2.45, 2.75) is 46.1 Å². The Morgan fingerprint density at radius 1 is 1.29 bits per heavy atom. The van der Waals surface area contributed by atoms with Crippen LogP contribution in [0.2, 0.25) is 0 Å². The molecule has 148 valence electrons. The van der Waals surface area contributed by atoms with Gasteiger partial charge < -0.3 is 9.47 Å². The number of methoxy groups -OCH3 is 1. The first-order valence-corrected chi connectivity index (χ1v) is 9.62. The highest BCUT2D eigenvalue weighted by Crippen LogP contribution is 2.30. The van der Waals surface area contributed by atoms with Crippen LogP contribution in [0.25, 0.3) is 17.0 Å². The Bertz CT molecular complexity index is 1000. The van der Waals surface area contributed by atoms with Crippen molar-refractivity contribution < 1.29 is 14.3 Å². The van der Waals surface area contributed by atoms with Crippen LogP contribution < -0.4 is 4.74 Å². The van der Waals surface area contributed by atoms with E-state index < -0.39 is 5.97 Å². The van der Waals surface area contributed by atoms with E-state index in [4.69, 9.17) is 9.47 Å². The van der Waals surface area contributed by atoms with Crippen molar-refractivity contribution in [2.75, 3.05) is 13.7 Å². The number of carbonyl (C=O) groups excluding carboxylic acids is 1. The second-order valence-corrected chi connectivity index (χ2v) is 7.04. The highest BCUT2D eigenvalue weighted by atomic mass is 16.5. The van der Waals surface area contributed by atoms with Crippen LogP contribution in [-0.2, 0) is 11.3 Å². The van der Waals surface area contributed by atoms with Gasteiger partial charge >= 0.3 is 5.97 Å². The number of esters is 1. The highest BCUT2D eigenvalue weighted by Gasteiger charge is 2.22. The quantitative estimate of drug-likeness (QED) is 0.603. The molecule has 0 aromatic carbocycles. The zero-order valence-electron chi connectivity index (χ0n) is 16.4. The Hall–Kier alpha value is -2.97. The van der Waals surface area contributed by atoms with E-state index >= 15 is 0 Å². The second kappa shape index (κ2) is 7.57. The van der Waals surface area contributed by atoms with Gasteiger partial charge in [-0.25, -0.2) is 14.5 Å². The molecular weight excluding hydrogens is 360 g/mol. The Morgan fingerprint density at radius 3 is 2.79 bits per heavy atom. The number of ether oxygens (including phenoxy) is 2. The molecule has 1 fully saturated rings. The number of hydrogen-bond acceptors (Lipinski definition) is 7. The summed E-state index contributed by atoms with van der Waals surface area (Å²) in [6.07, 6.45) is 8.01. The Kier molecular flexibility index (Phi) is 4.97. The molecule has 0 atom stereocenters. The van der Waals surface area contributed by atoms with E-state index in [2.05, 4.69) is 20.2 Å². The summed E-state index contributed by atoms with van der Waals surface area (Å²) in [4.78, 5) is 21.0. The van der Waals surface area contributed by atoms with Crippen molar-refractivity contribution in [1.29, 1.82) is 0 Å². The average Bonchev–Trinajstić information content (AvgIpc) is 3.43. The Balaban J connectivity index is 1.73. The number of fused-ring (bicyclic) bond motifs is 1. The van der Waals surface area contributed by atoms with Crippen molar-refractivity contribution in [3.63, 3.8) is 0 Å². The standard InChI is InChI=1S/C19H24N6O3/c1-4-28-18(26)14-9-20-25(11-14)19-21-15-12(2)23-24(10-13-7-5-6-8-13)16(15)17(22-19)27-3/h9,11,13H,4-8,10H2,1-3H3. The monoisotopic (exact) mass is 384 g/mol. The Labute approximate surface area is 162 Å². The number of aryl methyl sites for hydroxylation is 1. The third kappa shape index (κ3) is 3.32. The molecular formula is C19H24N6O3. The largest absolute Gasteiger partial charge is 0.479 e. The van der Waals surface area contributed by atoms with Gasteiger partial charge in [0.25, 0.3) is 5.95 Å². The van der Waals surface area contributed by atoms with Gasteiger partial charge in [0.1, 0.15) is 11.0 Å². The molecule has 1 aliphatic rings. The number of aromatic nitrogens is 6. The normalized spacial score (nSPS) is 14.7. The van der Waals surface area contributed by atoms with Crippen molar-refractivity contribution in [3.8, 4) is 11.8 Å². The lowest BCUT2D eigenvalue weighted by Crippen LogP contribution is -2.10. The van der Waals surface area contributed by atoms with Crippen LogP contribution in [0.1, 0.15) is 48.7 Å². The van der Waals surface area contributed by atoms with Gasteiger partial charge in [-0.1, -0.05) is 12.8 Å². The molecule has 3 heterocycles. The number of hydrogen-bond donors (Lipinski definition) is 0. The van der Waals surface area contributed by atoms with Gasteiger partial charge in [0.05, 0.1) is 31.2 Å². The fraction of sp³-hybridized carbons (Fsp3) is 0.526. The van der Waals surface area contributed by atoms with Gasteiger partial charge in [-0.3, -0.25) is 4.68 Å². The van der Waals surface area contributed by atoms with Crippen LogP contribution in [0.5, 0.6) is 5.88 Å². The average molecular weight is 384 g/mol. The van der Waals surface area contributed by atoms with Gasteiger partial charge in [-0.15, -0.1) is 0 Å². The van der Waals surface area contributed by atoms with Gasteiger partial charge in [-0.2, -0.15) is 15.2 Å².